The molecule has 0 radical (unpaired) electrons. The number of halogens is 2. The van der Waals surface area contributed by atoms with Crippen molar-refractivity contribution in [3.8, 4) is 0 Å². The van der Waals surface area contributed by atoms with Crippen molar-refractivity contribution in [1.82, 2.24) is 15.1 Å². The van der Waals surface area contributed by atoms with E-state index in [-0.39, 0.29) is 5.54 Å². The van der Waals surface area contributed by atoms with Gasteiger partial charge in [-0.1, -0.05) is 27.5 Å². The fourth-order valence-corrected chi connectivity index (χ4v) is 2.76. The molecular formula is C11H19BrClN3. The first kappa shape index (κ1) is 14.0. The van der Waals surface area contributed by atoms with Gasteiger partial charge in [-0.3, -0.25) is 4.68 Å². The van der Waals surface area contributed by atoms with Crippen molar-refractivity contribution >= 4 is 27.5 Å². The quantitative estimate of drug-likeness (QED) is 0.847. The van der Waals surface area contributed by atoms with Crippen LogP contribution in [-0.2, 0) is 13.6 Å². The third kappa shape index (κ3) is 3.47. The summed E-state index contributed by atoms with van der Waals surface area (Å²) in [7, 11) is 1.86. The average Bonchev–Trinajstić information content (AvgIpc) is 2.39. The first-order valence-electron chi connectivity index (χ1n) is 5.36. The molecule has 16 heavy (non-hydrogen) atoms. The molecule has 0 saturated heterocycles. The molecule has 0 fully saturated rings. The second-order valence-corrected chi connectivity index (χ2v) is 5.81. The Kier molecular flexibility index (Phi) is 4.83. The fraction of sp³-hybridized carbons (Fsp3) is 0.727. The third-order valence-corrected chi connectivity index (χ3v) is 3.60. The summed E-state index contributed by atoms with van der Waals surface area (Å²) in [5.74, 6) is 0. The molecule has 0 saturated carbocycles. The Bertz CT molecular complexity index is 360. The molecule has 3 nitrogen and oxygen atoms in total. The molecule has 1 heterocycles. The summed E-state index contributed by atoms with van der Waals surface area (Å²) >= 11 is 9.63. The lowest BCUT2D eigenvalue weighted by molar-refractivity contribution is 0.378. The minimum absolute atomic E-state index is 0.106. The summed E-state index contributed by atoms with van der Waals surface area (Å²) in [6.45, 7) is 7.13. The maximum absolute atomic E-state index is 6.17. The predicted octanol–water partition coefficient (Wildman–Crippen LogP) is 3.04. The molecule has 1 rings (SSSR count). The molecule has 0 spiro atoms. The second-order valence-electron chi connectivity index (χ2n) is 4.65. The van der Waals surface area contributed by atoms with Crippen LogP contribution in [-0.4, -0.2) is 20.6 Å². The molecule has 0 bridgehead atoms. The van der Waals surface area contributed by atoms with Gasteiger partial charge in [0.05, 0.1) is 5.69 Å². The number of hydrogen-bond donors (Lipinski definition) is 1. The van der Waals surface area contributed by atoms with Crippen molar-refractivity contribution in [2.45, 2.75) is 39.3 Å². The highest BCUT2D eigenvalue weighted by atomic mass is 79.9. The topological polar surface area (TPSA) is 29.9 Å². The van der Waals surface area contributed by atoms with Gasteiger partial charge in [0.1, 0.15) is 5.15 Å². The summed E-state index contributed by atoms with van der Waals surface area (Å²) in [6, 6.07) is 0. The molecule has 0 aliphatic heterocycles. The summed E-state index contributed by atoms with van der Waals surface area (Å²) in [6.07, 6.45) is 1.07. The minimum Gasteiger partial charge on any atom is -0.308 e. The molecule has 1 N–H and O–H groups in total. The second kappa shape index (κ2) is 5.52. The van der Waals surface area contributed by atoms with Crippen LogP contribution in [0.5, 0.6) is 0 Å². The van der Waals surface area contributed by atoms with E-state index in [4.69, 9.17) is 11.6 Å². The molecular weight excluding hydrogens is 289 g/mol. The van der Waals surface area contributed by atoms with Crippen molar-refractivity contribution in [2.24, 2.45) is 7.05 Å². The van der Waals surface area contributed by atoms with E-state index in [1.807, 2.05) is 14.0 Å². The largest absolute Gasteiger partial charge is 0.308 e. The van der Waals surface area contributed by atoms with Crippen molar-refractivity contribution in [2.75, 3.05) is 5.33 Å². The van der Waals surface area contributed by atoms with Gasteiger partial charge in [0.25, 0.3) is 0 Å². The Morgan fingerprint density at radius 3 is 2.56 bits per heavy atom. The van der Waals surface area contributed by atoms with E-state index in [9.17, 15) is 0 Å². The molecule has 0 amide bonds. The normalized spacial score (nSPS) is 12.1. The van der Waals surface area contributed by atoms with Crippen molar-refractivity contribution in [1.29, 1.82) is 0 Å². The number of alkyl halides is 1. The van der Waals surface area contributed by atoms with Crippen LogP contribution >= 0.6 is 27.5 Å². The van der Waals surface area contributed by atoms with Gasteiger partial charge in [-0.05, 0) is 27.2 Å². The van der Waals surface area contributed by atoms with Crippen molar-refractivity contribution < 1.29 is 0 Å². The third-order valence-electron chi connectivity index (χ3n) is 2.73. The molecule has 5 heteroatoms. The molecule has 0 aliphatic carbocycles. The zero-order valence-corrected chi connectivity index (χ0v) is 12.6. The standard InChI is InChI=1S/C11H19BrClN3/c1-8-9(10(13)16(4)15-8)7-14-11(2,3)5-6-12/h14H,5-7H2,1-4H3. The maximum atomic E-state index is 6.17. The number of hydrogen-bond acceptors (Lipinski definition) is 2. The number of rotatable bonds is 5. The summed E-state index contributed by atoms with van der Waals surface area (Å²) in [5.41, 5.74) is 2.19. The monoisotopic (exact) mass is 307 g/mol. The van der Waals surface area contributed by atoms with E-state index in [1.165, 1.54) is 0 Å². The average molecular weight is 309 g/mol. The Morgan fingerprint density at radius 1 is 1.50 bits per heavy atom. The molecule has 0 unspecified atom stereocenters. The number of nitrogens with zero attached hydrogens (tertiary/aromatic N) is 2. The van der Waals surface area contributed by atoms with Gasteiger partial charge in [0.15, 0.2) is 0 Å². The highest BCUT2D eigenvalue weighted by Crippen LogP contribution is 2.20. The molecule has 0 atom stereocenters. The van der Waals surface area contributed by atoms with Gasteiger partial charge in [-0.2, -0.15) is 5.10 Å². The van der Waals surface area contributed by atoms with Gasteiger partial charge in [0, 0.05) is 30.0 Å². The van der Waals surface area contributed by atoms with Gasteiger partial charge in [-0.25, -0.2) is 0 Å². The minimum atomic E-state index is 0.106. The van der Waals surface area contributed by atoms with Crippen LogP contribution in [0.4, 0.5) is 0 Å². The van der Waals surface area contributed by atoms with Gasteiger partial charge in [0.2, 0.25) is 0 Å². The van der Waals surface area contributed by atoms with Crippen molar-refractivity contribution in [3.63, 3.8) is 0 Å². The summed E-state index contributed by atoms with van der Waals surface area (Å²) < 4.78 is 1.71. The fourth-order valence-electron chi connectivity index (χ4n) is 1.53. The molecule has 0 aromatic carbocycles. The lowest BCUT2D eigenvalue weighted by Crippen LogP contribution is -2.39. The Balaban J connectivity index is 2.67. The van der Waals surface area contributed by atoms with E-state index >= 15 is 0 Å². The summed E-state index contributed by atoms with van der Waals surface area (Å²) in [5, 5.41) is 9.51. The van der Waals surface area contributed by atoms with Crippen LogP contribution in [0.15, 0.2) is 0 Å². The van der Waals surface area contributed by atoms with E-state index in [0.29, 0.717) is 0 Å². The molecule has 1 aromatic rings. The SMILES string of the molecule is Cc1nn(C)c(Cl)c1CNC(C)(C)CCBr. The highest BCUT2D eigenvalue weighted by Gasteiger charge is 2.18. The zero-order valence-electron chi connectivity index (χ0n) is 10.3. The lowest BCUT2D eigenvalue weighted by atomic mass is 10.0. The van der Waals surface area contributed by atoms with Crippen LogP contribution in [0.3, 0.4) is 0 Å². The van der Waals surface area contributed by atoms with E-state index in [2.05, 4.69) is 40.2 Å². The first-order valence-corrected chi connectivity index (χ1v) is 6.86. The highest BCUT2D eigenvalue weighted by molar-refractivity contribution is 9.09. The van der Waals surface area contributed by atoms with Crippen LogP contribution in [0.1, 0.15) is 31.5 Å². The Hall–Kier alpha value is -0.0600. The number of aryl methyl sites for hydroxylation is 2. The van der Waals surface area contributed by atoms with E-state index in [1.54, 1.807) is 4.68 Å². The smallest absolute Gasteiger partial charge is 0.131 e. The van der Waals surface area contributed by atoms with Gasteiger partial charge in [-0.15, -0.1) is 0 Å². The van der Waals surface area contributed by atoms with E-state index < -0.39 is 0 Å². The van der Waals surface area contributed by atoms with Crippen molar-refractivity contribution in [3.05, 3.63) is 16.4 Å². The lowest BCUT2D eigenvalue weighted by Gasteiger charge is -2.25. The molecule has 92 valence electrons. The van der Waals surface area contributed by atoms with Gasteiger partial charge >= 0.3 is 0 Å². The zero-order chi connectivity index (χ0) is 12.3. The van der Waals surface area contributed by atoms with Crippen LogP contribution in [0.2, 0.25) is 5.15 Å². The Morgan fingerprint density at radius 2 is 2.12 bits per heavy atom. The van der Waals surface area contributed by atoms with Crippen LogP contribution < -0.4 is 5.32 Å². The van der Waals surface area contributed by atoms with Crippen LogP contribution in [0, 0.1) is 6.92 Å². The number of aromatic nitrogens is 2. The predicted molar refractivity (Wildman–Crippen MR) is 72.3 cm³/mol. The maximum Gasteiger partial charge on any atom is 0.131 e. The first-order chi connectivity index (χ1) is 7.37. The Labute approximate surface area is 111 Å². The van der Waals surface area contributed by atoms with Crippen LogP contribution in [0.25, 0.3) is 0 Å². The number of nitrogens with one attached hydrogen (secondary N) is 1. The molecule has 0 aliphatic rings. The molecule has 1 aromatic heterocycles. The van der Waals surface area contributed by atoms with Gasteiger partial charge < -0.3 is 5.32 Å². The summed E-state index contributed by atoms with van der Waals surface area (Å²) in [4.78, 5) is 0. The van der Waals surface area contributed by atoms with E-state index in [0.717, 1.165) is 34.7 Å².